The summed E-state index contributed by atoms with van der Waals surface area (Å²) in [5.41, 5.74) is 5.81. The van der Waals surface area contributed by atoms with Gasteiger partial charge in [-0.3, -0.25) is 9.38 Å². The first-order valence-corrected chi connectivity index (χ1v) is 9.10. The van der Waals surface area contributed by atoms with Crippen molar-refractivity contribution in [2.75, 3.05) is 17.5 Å². The van der Waals surface area contributed by atoms with Crippen LogP contribution in [0.5, 0.6) is 5.75 Å². The molecule has 5 rings (SSSR count). The Bertz CT molecular complexity index is 1160. The molecule has 1 aromatic carbocycles. The van der Waals surface area contributed by atoms with Crippen LogP contribution in [0.15, 0.2) is 55.0 Å². The van der Waals surface area contributed by atoms with Crippen LogP contribution in [0, 0.1) is 6.92 Å². The lowest BCUT2D eigenvalue weighted by Gasteiger charge is -2.26. The first-order valence-electron chi connectivity index (χ1n) is 8.70. The van der Waals surface area contributed by atoms with Crippen molar-refractivity contribution in [1.29, 1.82) is 0 Å². The van der Waals surface area contributed by atoms with Gasteiger partial charge in [-0.1, -0.05) is 12.8 Å². The van der Waals surface area contributed by atoms with E-state index < -0.39 is 0 Å². The number of hydrogen-bond acceptors (Lipinski definition) is 6. The fraction of sp³-hybridized carbons (Fsp3) is 0.150. The summed E-state index contributed by atoms with van der Waals surface area (Å²) in [6.07, 6.45) is 5.54. The van der Waals surface area contributed by atoms with Crippen molar-refractivity contribution in [2.45, 2.75) is 6.92 Å². The predicted octanol–water partition coefficient (Wildman–Crippen LogP) is 3.81. The molecule has 0 N–H and O–H groups in total. The largest absolute Gasteiger partial charge is 0.489 e. The third-order valence-electron chi connectivity index (χ3n) is 4.64. The molecule has 27 heavy (non-hydrogen) atoms. The third kappa shape index (κ3) is 2.71. The van der Waals surface area contributed by atoms with Gasteiger partial charge in [0.05, 0.1) is 23.6 Å². The van der Waals surface area contributed by atoms with Crippen LogP contribution in [0.2, 0.25) is 0 Å². The van der Waals surface area contributed by atoms with Gasteiger partial charge in [-0.2, -0.15) is 0 Å². The number of fused-ring (bicyclic) bond motifs is 2. The smallest absolute Gasteiger partial charge is 0.234 e. The maximum absolute atomic E-state index is 5.75. The second-order valence-electron chi connectivity index (χ2n) is 6.44. The standard InChI is InChI=1S/C20H17N5OS/c1-13-11-14(5-7-21-13)18-19(24-8-2-6-22-20(24)23-18)15-3-4-17-16(12-15)25(27)9-10-26-17/h2-8,11-12,27H,9-10H2,1H3. The number of ether oxygens (including phenoxy) is 1. The van der Waals surface area contributed by atoms with Gasteiger partial charge in [0.2, 0.25) is 5.78 Å². The normalized spacial score (nSPS) is 13.5. The van der Waals surface area contributed by atoms with Crippen LogP contribution in [-0.2, 0) is 0 Å². The van der Waals surface area contributed by atoms with E-state index in [-0.39, 0.29) is 0 Å². The molecular formula is C20H17N5OS. The van der Waals surface area contributed by atoms with Crippen LogP contribution in [0.1, 0.15) is 5.69 Å². The number of aromatic nitrogens is 4. The Morgan fingerprint density at radius 3 is 2.89 bits per heavy atom. The number of thiol groups is 1. The van der Waals surface area contributed by atoms with Gasteiger partial charge in [-0.05, 0) is 43.3 Å². The van der Waals surface area contributed by atoms with E-state index in [1.807, 2.05) is 52.3 Å². The minimum Gasteiger partial charge on any atom is -0.489 e. The maximum Gasteiger partial charge on any atom is 0.234 e. The predicted molar refractivity (Wildman–Crippen MR) is 108 cm³/mol. The first-order chi connectivity index (χ1) is 13.2. The molecule has 0 radical (unpaired) electrons. The molecule has 0 saturated heterocycles. The van der Waals surface area contributed by atoms with E-state index >= 15 is 0 Å². The van der Waals surface area contributed by atoms with Crippen molar-refractivity contribution in [1.82, 2.24) is 19.4 Å². The van der Waals surface area contributed by atoms with Gasteiger partial charge in [0, 0.05) is 35.4 Å². The number of hydrogen-bond donors (Lipinski definition) is 1. The Labute approximate surface area is 162 Å². The van der Waals surface area contributed by atoms with E-state index in [0.717, 1.165) is 46.2 Å². The minimum absolute atomic E-state index is 0.636. The molecule has 7 heteroatoms. The lowest BCUT2D eigenvalue weighted by molar-refractivity contribution is 0.318. The number of aryl methyl sites for hydroxylation is 1. The molecule has 0 aliphatic carbocycles. The second kappa shape index (κ2) is 6.28. The van der Waals surface area contributed by atoms with Gasteiger partial charge >= 0.3 is 0 Å². The van der Waals surface area contributed by atoms with E-state index in [9.17, 15) is 0 Å². The molecule has 134 valence electrons. The van der Waals surface area contributed by atoms with E-state index in [1.165, 1.54) is 0 Å². The summed E-state index contributed by atoms with van der Waals surface area (Å²) < 4.78 is 9.68. The van der Waals surface area contributed by atoms with Gasteiger partial charge in [0.25, 0.3) is 0 Å². The Morgan fingerprint density at radius 2 is 2.00 bits per heavy atom. The summed E-state index contributed by atoms with van der Waals surface area (Å²) in [6.45, 7) is 3.35. The molecule has 0 bridgehead atoms. The Kier molecular flexibility index (Phi) is 3.75. The Morgan fingerprint density at radius 1 is 1.07 bits per heavy atom. The quantitative estimate of drug-likeness (QED) is 0.540. The molecule has 1 aliphatic rings. The van der Waals surface area contributed by atoms with E-state index in [0.29, 0.717) is 12.4 Å². The summed E-state index contributed by atoms with van der Waals surface area (Å²) in [5.74, 6) is 1.50. The SMILES string of the molecule is Cc1cc(-c2nc3ncccn3c2-c2ccc3c(c2)N(S)CCO3)ccn1. The van der Waals surface area contributed by atoms with E-state index in [1.54, 1.807) is 6.20 Å². The third-order valence-corrected chi connectivity index (χ3v) is 5.06. The monoisotopic (exact) mass is 375 g/mol. The Balaban J connectivity index is 1.78. The molecule has 4 heterocycles. The number of pyridine rings is 1. The highest BCUT2D eigenvalue weighted by atomic mass is 32.1. The molecule has 4 aromatic rings. The molecule has 6 nitrogen and oxygen atoms in total. The van der Waals surface area contributed by atoms with Crippen molar-refractivity contribution < 1.29 is 4.74 Å². The van der Waals surface area contributed by atoms with Crippen molar-refractivity contribution in [2.24, 2.45) is 0 Å². The average molecular weight is 375 g/mol. The van der Waals surface area contributed by atoms with Gasteiger partial charge in [-0.25, -0.2) is 9.97 Å². The molecule has 0 spiro atoms. The van der Waals surface area contributed by atoms with Gasteiger partial charge in [0.1, 0.15) is 12.4 Å². The highest BCUT2D eigenvalue weighted by Crippen LogP contribution is 2.39. The molecule has 0 amide bonds. The summed E-state index contributed by atoms with van der Waals surface area (Å²) in [5, 5.41) is 0. The zero-order valence-electron chi connectivity index (χ0n) is 14.7. The van der Waals surface area contributed by atoms with E-state index in [2.05, 4.69) is 34.9 Å². The first kappa shape index (κ1) is 16.1. The maximum atomic E-state index is 5.75. The lowest BCUT2D eigenvalue weighted by atomic mass is 10.0. The molecule has 0 atom stereocenters. The van der Waals surface area contributed by atoms with E-state index in [4.69, 9.17) is 9.72 Å². The van der Waals surface area contributed by atoms with Gasteiger partial charge < -0.3 is 9.04 Å². The highest BCUT2D eigenvalue weighted by molar-refractivity contribution is 7.81. The molecule has 0 fully saturated rings. The zero-order valence-corrected chi connectivity index (χ0v) is 15.6. The summed E-state index contributed by atoms with van der Waals surface area (Å²) in [7, 11) is 0. The fourth-order valence-electron chi connectivity index (χ4n) is 3.41. The number of benzene rings is 1. The number of imidazole rings is 1. The molecule has 1 aliphatic heterocycles. The number of nitrogens with zero attached hydrogens (tertiary/aromatic N) is 5. The fourth-order valence-corrected chi connectivity index (χ4v) is 3.65. The molecule has 3 aromatic heterocycles. The van der Waals surface area contributed by atoms with Crippen LogP contribution < -0.4 is 9.04 Å². The molecular weight excluding hydrogens is 358 g/mol. The van der Waals surface area contributed by atoms with Gasteiger partial charge in [-0.15, -0.1) is 0 Å². The van der Waals surface area contributed by atoms with Gasteiger partial charge in [0.15, 0.2) is 0 Å². The van der Waals surface area contributed by atoms with Crippen molar-refractivity contribution in [3.8, 4) is 28.3 Å². The van der Waals surface area contributed by atoms with Crippen LogP contribution in [-0.4, -0.2) is 32.5 Å². The Hall–Kier alpha value is -3.06. The van der Waals surface area contributed by atoms with Crippen molar-refractivity contribution in [3.05, 3.63) is 60.7 Å². The van der Waals surface area contributed by atoms with Crippen LogP contribution in [0.3, 0.4) is 0 Å². The minimum atomic E-state index is 0.636. The topological polar surface area (TPSA) is 55.5 Å². The summed E-state index contributed by atoms with van der Waals surface area (Å²) in [4.78, 5) is 13.5. The average Bonchev–Trinajstić information content (AvgIpc) is 3.08. The second-order valence-corrected chi connectivity index (χ2v) is 6.92. The van der Waals surface area contributed by atoms with Crippen molar-refractivity contribution >= 4 is 24.3 Å². The molecule has 0 saturated carbocycles. The van der Waals surface area contributed by atoms with Crippen molar-refractivity contribution in [3.63, 3.8) is 0 Å². The number of rotatable bonds is 2. The highest BCUT2D eigenvalue weighted by Gasteiger charge is 2.21. The van der Waals surface area contributed by atoms with Crippen LogP contribution in [0.4, 0.5) is 5.69 Å². The summed E-state index contributed by atoms with van der Waals surface area (Å²) >= 11 is 4.58. The molecule has 0 unspecified atom stereocenters. The lowest BCUT2D eigenvalue weighted by Crippen LogP contribution is -2.24. The summed E-state index contributed by atoms with van der Waals surface area (Å²) in [6, 6.07) is 12.1. The zero-order chi connectivity index (χ0) is 18.4. The van der Waals surface area contributed by atoms with Crippen LogP contribution in [0.25, 0.3) is 28.3 Å². The van der Waals surface area contributed by atoms with Crippen LogP contribution >= 0.6 is 12.8 Å². The number of anilines is 1.